The smallest absolute Gasteiger partial charge is 0.392 e. The van der Waals surface area contributed by atoms with Crippen molar-refractivity contribution in [2.75, 3.05) is 39.3 Å². The average Bonchev–Trinajstić information content (AvgIpc) is 2.54. The van der Waals surface area contributed by atoms with Gasteiger partial charge in [0, 0.05) is 19.6 Å². The topological polar surface area (TPSA) is 246 Å². The molecule has 0 aliphatic rings. The fourth-order valence-corrected chi connectivity index (χ4v) is 1.01. The van der Waals surface area contributed by atoms with Crippen molar-refractivity contribution in [2.45, 2.75) is 39.1 Å². The number of aliphatic hydroxyl groups is 3. The summed E-state index contributed by atoms with van der Waals surface area (Å²) in [7, 11) is -4.64. The standard InChI is InChI=1S/3C5H10N2O.H3O4P/c3*1-5(8)4-7-3-2-6;1-5(2,3)4/h3*5,7-8H,3-4H2,1H3;(H3,1,2,3,4). The van der Waals surface area contributed by atoms with Crippen LogP contribution in [-0.4, -0.2) is 87.6 Å². The Labute approximate surface area is 171 Å². The van der Waals surface area contributed by atoms with Crippen LogP contribution in [0.25, 0.3) is 0 Å². The molecular formula is C15H33N6O7P. The maximum absolute atomic E-state index is 8.88. The quantitative estimate of drug-likeness (QED) is 0.102. The number of nitriles is 3. The summed E-state index contributed by atoms with van der Waals surface area (Å²) in [6.45, 7) is 7.43. The lowest BCUT2D eigenvalue weighted by Crippen LogP contribution is -2.24. The van der Waals surface area contributed by atoms with Crippen LogP contribution in [0.1, 0.15) is 20.8 Å². The lowest BCUT2D eigenvalue weighted by Gasteiger charge is -2.00. The third-order valence-corrected chi connectivity index (χ3v) is 1.93. The number of hydrogen-bond acceptors (Lipinski definition) is 10. The third-order valence-electron chi connectivity index (χ3n) is 1.93. The first-order valence-electron chi connectivity index (χ1n) is 8.37. The van der Waals surface area contributed by atoms with E-state index >= 15 is 0 Å². The van der Waals surface area contributed by atoms with E-state index in [4.69, 9.17) is 50.4 Å². The van der Waals surface area contributed by atoms with Crippen molar-refractivity contribution >= 4 is 7.82 Å². The Morgan fingerprint density at radius 3 is 0.966 bits per heavy atom. The summed E-state index contributed by atoms with van der Waals surface area (Å²) in [5.41, 5.74) is 0. The van der Waals surface area contributed by atoms with Crippen molar-refractivity contribution in [1.29, 1.82) is 15.8 Å². The van der Waals surface area contributed by atoms with Crippen molar-refractivity contribution in [1.82, 2.24) is 16.0 Å². The van der Waals surface area contributed by atoms with E-state index < -0.39 is 7.82 Å². The molecule has 0 saturated heterocycles. The van der Waals surface area contributed by atoms with E-state index in [1.807, 2.05) is 18.2 Å². The zero-order valence-corrected chi connectivity index (χ0v) is 17.7. The minimum Gasteiger partial charge on any atom is -0.392 e. The summed E-state index contributed by atoms with van der Waals surface area (Å²) < 4.78 is 8.88. The third kappa shape index (κ3) is 87.7. The van der Waals surface area contributed by atoms with Crippen LogP contribution in [0.2, 0.25) is 0 Å². The Balaban J connectivity index is -0.000000146. The molecule has 0 bridgehead atoms. The van der Waals surface area contributed by atoms with Crippen molar-refractivity contribution in [3.8, 4) is 18.2 Å². The highest BCUT2D eigenvalue weighted by molar-refractivity contribution is 7.45. The number of nitrogens with one attached hydrogen (secondary N) is 3. The lowest BCUT2D eigenvalue weighted by molar-refractivity contribution is 0.192. The van der Waals surface area contributed by atoms with Gasteiger partial charge in [-0.05, 0) is 20.8 Å². The number of aliphatic hydroxyl groups excluding tert-OH is 3. The Morgan fingerprint density at radius 2 is 0.862 bits per heavy atom. The van der Waals surface area contributed by atoms with Gasteiger partial charge < -0.3 is 46.0 Å². The molecule has 14 heteroatoms. The summed E-state index contributed by atoms with van der Waals surface area (Å²) in [5, 5.41) is 57.9. The molecule has 0 saturated carbocycles. The molecule has 0 aromatic heterocycles. The molecule has 3 unspecified atom stereocenters. The van der Waals surface area contributed by atoms with Crippen LogP contribution in [0.3, 0.4) is 0 Å². The molecule has 9 N–H and O–H groups in total. The Hall–Kier alpha value is -1.66. The minimum atomic E-state index is -4.64. The largest absolute Gasteiger partial charge is 0.466 e. The first-order valence-corrected chi connectivity index (χ1v) is 9.93. The monoisotopic (exact) mass is 440 g/mol. The number of nitrogens with zero attached hydrogens (tertiary/aromatic N) is 3. The predicted octanol–water partition coefficient (Wildman–Crippen LogP) is -2.49. The van der Waals surface area contributed by atoms with Crippen LogP contribution in [0, 0.1) is 34.0 Å². The molecule has 29 heavy (non-hydrogen) atoms. The van der Waals surface area contributed by atoms with Gasteiger partial charge in [-0.3, -0.25) is 0 Å². The van der Waals surface area contributed by atoms with Crippen LogP contribution in [-0.2, 0) is 4.57 Å². The number of rotatable bonds is 9. The van der Waals surface area contributed by atoms with Crippen LogP contribution in [0.15, 0.2) is 0 Å². The zero-order chi connectivity index (χ0) is 23.7. The molecule has 13 nitrogen and oxygen atoms in total. The van der Waals surface area contributed by atoms with Gasteiger partial charge in [0.15, 0.2) is 0 Å². The van der Waals surface area contributed by atoms with E-state index in [2.05, 4.69) is 16.0 Å². The maximum atomic E-state index is 8.88. The second-order valence-corrected chi connectivity index (χ2v) is 6.45. The molecule has 0 heterocycles. The highest BCUT2D eigenvalue weighted by Gasteiger charge is 2.00. The highest BCUT2D eigenvalue weighted by Crippen LogP contribution is 2.25. The summed E-state index contributed by atoms with van der Waals surface area (Å²) in [6, 6.07) is 5.70. The van der Waals surface area contributed by atoms with E-state index in [1.54, 1.807) is 20.8 Å². The van der Waals surface area contributed by atoms with Gasteiger partial charge in [0.2, 0.25) is 0 Å². The van der Waals surface area contributed by atoms with Gasteiger partial charge in [-0.2, -0.15) is 15.8 Å². The molecule has 0 amide bonds. The molecule has 0 fully saturated rings. The maximum Gasteiger partial charge on any atom is 0.466 e. The normalized spacial score (nSPS) is 12.5. The van der Waals surface area contributed by atoms with E-state index in [0.717, 1.165) is 0 Å². The van der Waals surface area contributed by atoms with Gasteiger partial charge >= 0.3 is 7.82 Å². The zero-order valence-electron chi connectivity index (χ0n) is 16.9. The van der Waals surface area contributed by atoms with Crippen LogP contribution < -0.4 is 16.0 Å². The Morgan fingerprint density at radius 1 is 0.690 bits per heavy atom. The molecule has 3 atom stereocenters. The van der Waals surface area contributed by atoms with Crippen LogP contribution in [0.4, 0.5) is 0 Å². The van der Waals surface area contributed by atoms with Crippen molar-refractivity contribution in [2.24, 2.45) is 0 Å². The molecule has 0 aromatic rings. The van der Waals surface area contributed by atoms with Gasteiger partial charge in [0.05, 0.1) is 56.2 Å². The fourth-order valence-electron chi connectivity index (χ4n) is 1.01. The lowest BCUT2D eigenvalue weighted by atomic mass is 10.4. The number of hydrogen-bond donors (Lipinski definition) is 9. The summed E-state index contributed by atoms with van der Waals surface area (Å²) >= 11 is 0. The van der Waals surface area contributed by atoms with E-state index in [1.165, 1.54) is 0 Å². The molecule has 0 aliphatic heterocycles. The summed E-state index contributed by atoms with van der Waals surface area (Å²) in [4.78, 5) is 21.6. The first kappa shape index (κ1) is 34.8. The van der Waals surface area contributed by atoms with E-state index in [9.17, 15) is 0 Å². The van der Waals surface area contributed by atoms with Crippen LogP contribution >= 0.6 is 7.82 Å². The van der Waals surface area contributed by atoms with Crippen LogP contribution in [0.5, 0.6) is 0 Å². The van der Waals surface area contributed by atoms with E-state index in [-0.39, 0.29) is 18.3 Å². The summed E-state index contributed by atoms with van der Waals surface area (Å²) in [6.07, 6.45) is -1.07. The van der Waals surface area contributed by atoms with Gasteiger partial charge in [-0.25, -0.2) is 4.57 Å². The summed E-state index contributed by atoms with van der Waals surface area (Å²) in [5.74, 6) is 0. The number of phosphoric acid groups is 1. The van der Waals surface area contributed by atoms with Gasteiger partial charge in [0.1, 0.15) is 0 Å². The Bertz CT molecular complexity index is 443. The minimum absolute atomic E-state index is 0.310. The molecule has 0 rings (SSSR count). The first-order chi connectivity index (χ1) is 13.3. The molecule has 0 spiro atoms. The SMILES string of the molecule is CC(O)CNCC#N.CC(O)CNCC#N.CC(O)CNCC#N.O=P(O)(O)O. The molecule has 0 aliphatic carbocycles. The van der Waals surface area contributed by atoms with Gasteiger partial charge in [-0.15, -0.1) is 0 Å². The average molecular weight is 440 g/mol. The fraction of sp³-hybridized carbons (Fsp3) is 0.800. The van der Waals surface area contributed by atoms with E-state index in [0.29, 0.717) is 39.3 Å². The molecule has 0 radical (unpaired) electrons. The van der Waals surface area contributed by atoms with Gasteiger partial charge in [0.25, 0.3) is 0 Å². The van der Waals surface area contributed by atoms with Crippen molar-refractivity contribution < 1.29 is 34.6 Å². The highest BCUT2D eigenvalue weighted by atomic mass is 31.2. The van der Waals surface area contributed by atoms with Crippen molar-refractivity contribution in [3.05, 3.63) is 0 Å². The second kappa shape index (κ2) is 26.3. The predicted molar refractivity (Wildman–Crippen MR) is 105 cm³/mol. The molecular weight excluding hydrogens is 407 g/mol. The molecule has 170 valence electrons. The second-order valence-electron chi connectivity index (χ2n) is 5.43. The van der Waals surface area contributed by atoms with Gasteiger partial charge in [-0.1, -0.05) is 0 Å². The van der Waals surface area contributed by atoms with Crippen molar-refractivity contribution in [3.63, 3.8) is 0 Å². The Kier molecular flexibility index (Phi) is 31.6. The molecule has 0 aromatic carbocycles.